The minimum Gasteiger partial charge on any atom is -0.351 e. The summed E-state index contributed by atoms with van der Waals surface area (Å²) >= 11 is 11.3. The molecule has 0 aromatic carbocycles. The summed E-state index contributed by atoms with van der Waals surface area (Å²) in [6, 6.07) is 0. The molecular weight excluding hydrogens is 163 g/mol. The standard InChI is InChI=1S/C5H8Cl2O2/c1-3-8-2-4(6)5(7)9-3/h3-5H,2H2,1H3. The SMILES string of the molecule is CC1OCC(Cl)C(Cl)O1. The van der Waals surface area contributed by atoms with Crippen LogP contribution in [0.25, 0.3) is 0 Å². The molecule has 0 N–H and O–H groups in total. The fraction of sp³-hybridized carbons (Fsp3) is 1.00. The predicted molar refractivity (Wildman–Crippen MR) is 35.8 cm³/mol. The number of hydrogen-bond acceptors (Lipinski definition) is 2. The van der Waals surface area contributed by atoms with Crippen LogP contribution in [0.5, 0.6) is 0 Å². The molecule has 0 aromatic rings. The minimum absolute atomic E-state index is 0.220. The Hall–Kier alpha value is 0.500. The fourth-order valence-corrected chi connectivity index (χ4v) is 0.960. The van der Waals surface area contributed by atoms with E-state index in [9.17, 15) is 0 Å². The summed E-state index contributed by atoms with van der Waals surface area (Å²) in [6.07, 6.45) is -0.220. The average Bonchev–Trinajstić information content (AvgIpc) is 1.80. The van der Waals surface area contributed by atoms with Gasteiger partial charge in [-0.3, -0.25) is 0 Å². The van der Waals surface area contributed by atoms with Crippen LogP contribution in [0.1, 0.15) is 6.92 Å². The highest BCUT2D eigenvalue weighted by atomic mass is 35.5. The van der Waals surface area contributed by atoms with Crippen molar-refractivity contribution in [1.29, 1.82) is 0 Å². The van der Waals surface area contributed by atoms with E-state index in [1.165, 1.54) is 0 Å². The van der Waals surface area contributed by atoms with Gasteiger partial charge in [0, 0.05) is 0 Å². The van der Waals surface area contributed by atoms with Crippen molar-refractivity contribution in [3.05, 3.63) is 0 Å². The Morgan fingerprint density at radius 1 is 1.44 bits per heavy atom. The molecule has 1 rings (SSSR count). The van der Waals surface area contributed by atoms with E-state index in [-0.39, 0.29) is 11.7 Å². The van der Waals surface area contributed by atoms with Gasteiger partial charge in [-0.25, -0.2) is 0 Å². The Bertz CT molecular complexity index is 99.0. The van der Waals surface area contributed by atoms with Gasteiger partial charge in [0.25, 0.3) is 0 Å². The highest BCUT2D eigenvalue weighted by molar-refractivity contribution is 6.29. The van der Waals surface area contributed by atoms with Crippen molar-refractivity contribution in [3.8, 4) is 0 Å². The van der Waals surface area contributed by atoms with Gasteiger partial charge in [-0.1, -0.05) is 11.6 Å². The molecular formula is C5H8Cl2O2. The van der Waals surface area contributed by atoms with E-state index in [1.54, 1.807) is 6.92 Å². The molecule has 0 amide bonds. The highest BCUT2D eigenvalue weighted by Gasteiger charge is 2.25. The average molecular weight is 171 g/mol. The van der Waals surface area contributed by atoms with Crippen molar-refractivity contribution in [1.82, 2.24) is 0 Å². The Kier molecular flexibility index (Phi) is 2.59. The van der Waals surface area contributed by atoms with Crippen LogP contribution in [-0.4, -0.2) is 23.8 Å². The number of alkyl halides is 2. The van der Waals surface area contributed by atoms with Crippen molar-refractivity contribution in [2.75, 3.05) is 6.61 Å². The third kappa shape index (κ3) is 1.97. The van der Waals surface area contributed by atoms with Gasteiger partial charge >= 0.3 is 0 Å². The van der Waals surface area contributed by atoms with Crippen LogP contribution in [0.15, 0.2) is 0 Å². The van der Waals surface area contributed by atoms with E-state index in [0.717, 1.165) is 0 Å². The first-order chi connectivity index (χ1) is 4.20. The van der Waals surface area contributed by atoms with E-state index < -0.39 is 5.56 Å². The van der Waals surface area contributed by atoms with Crippen LogP contribution in [0.2, 0.25) is 0 Å². The molecule has 0 bridgehead atoms. The minimum atomic E-state index is -0.407. The summed E-state index contributed by atoms with van der Waals surface area (Å²) in [5.74, 6) is 0. The summed E-state index contributed by atoms with van der Waals surface area (Å²) < 4.78 is 10.0. The van der Waals surface area contributed by atoms with Crippen molar-refractivity contribution >= 4 is 23.2 Å². The molecule has 1 aliphatic heterocycles. The zero-order chi connectivity index (χ0) is 6.85. The normalized spacial score (nSPS) is 45.0. The van der Waals surface area contributed by atoms with Gasteiger partial charge in [-0.2, -0.15) is 0 Å². The molecule has 2 nitrogen and oxygen atoms in total. The van der Waals surface area contributed by atoms with E-state index in [0.29, 0.717) is 6.61 Å². The van der Waals surface area contributed by atoms with Crippen LogP contribution in [0.4, 0.5) is 0 Å². The summed E-state index contributed by atoms with van der Waals surface area (Å²) in [7, 11) is 0. The summed E-state index contributed by atoms with van der Waals surface area (Å²) in [5, 5.41) is -0.220. The maximum absolute atomic E-state index is 5.65. The monoisotopic (exact) mass is 170 g/mol. The van der Waals surface area contributed by atoms with Gasteiger partial charge in [0.2, 0.25) is 0 Å². The van der Waals surface area contributed by atoms with Gasteiger partial charge < -0.3 is 9.47 Å². The lowest BCUT2D eigenvalue weighted by molar-refractivity contribution is -0.177. The molecule has 3 atom stereocenters. The van der Waals surface area contributed by atoms with Crippen LogP contribution in [0, 0.1) is 0 Å². The first-order valence-electron chi connectivity index (χ1n) is 2.75. The van der Waals surface area contributed by atoms with Crippen molar-refractivity contribution in [3.63, 3.8) is 0 Å². The molecule has 4 heteroatoms. The summed E-state index contributed by atoms with van der Waals surface area (Å²) in [5.41, 5.74) is -0.407. The molecule has 1 heterocycles. The first kappa shape index (κ1) is 7.61. The summed E-state index contributed by atoms with van der Waals surface area (Å²) in [6.45, 7) is 2.26. The molecule has 1 aliphatic rings. The Morgan fingerprint density at radius 3 is 2.56 bits per heavy atom. The maximum atomic E-state index is 5.65. The molecule has 1 saturated heterocycles. The van der Waals surface area contributed by atoms with Crippen LogP contribution in [0.3, 0.4) is 0 Å². The van der Waals surface area contributed by atoms with E-state index >= 15 is 0 Å². The van der Waals surface area contributed by atoms with Gasteiger partial charge in [0.15, 0.2) is 11.9 Å². The number of ether oxygens (including phenoxy) is 2. The second-order valence-electron chi connectivity index (χ2n) is 1.90. The van der Waals surface area contributed by atoms with Crippen LogP contribution in [-0.2, 0) is 9.47 Å². The lowest BCUT2D eigenvalue weighted by Gasteiger charge is -2.27. The first-order valence-corrected chi connectivity index (χ1v) is 3.62. The summed E-state index contributed by atoms with van der Waals surface area (Å²) in [4.78, 5) is 0. The largest absolute Gasteiger partial charge is 0.351 e. The Labute approximate surface area is 64.0 Å². The van der Waals surface area contributed by atoms with Gasteiger partial charge in [0.05, 0.1) is 12.0 Å². The van der Waals surface area contributed by atoms with Gasteiger partial charge in [-0.05, 0) is 6.92 Å². The molecule has 54 valence electrons. The van der Waals surface area contributed by atoms with Crippen LogP contribution >= 0.6 is 23.2 Å². The second kappa shape index (κ2) is 3.06. The molecule has 3 unspecified atom stereocenters. The van der Waals surface area contributed by atoms with E-state index in [4.69, 9.17) is 32.7 Å². The molecule has 0 aliphatic carbocycles. The third-order valence-corrected chi connectivity index (χ3v) is 1.99. The van der Waals surface area contributed by atoms with Gasteiger partial charge in [0.1, 0.15) is 0 Å². The molecule has 0 radical (unpaired) electrons. The van der Waals surface area contributed by atoms with Crippen molar-refractivity contribution in [2.24, 2.45) is 0 Å². The molecule has 1 fully saturated rings. The molecule has 0 saturated carbocycles. The molecule has 0 aromatic heterocycles. The smallest absolute Gasteiger partial charge is 0.156 e. The Morgan fingerprint density at radius 2 is 2.11 bits per heavy atom. The number of rotatable bonds is 0. The molecule has 0 spiro atoms. The predicted octanol–water partition coefficient (Wildman–Crippen LogP) is 1.55. The maximum Gasteiger partial charge on any atom is 0.156 e. The lowest BCUT2D eigenvalue weighted by atomic mass is 10.4. The zero-order valence-corrected chi connectivity index (χ0v) is 6.52. The third-order valence-electron chi connectivity index (χ3n) is 1.10. The second-order valence-corrected chi connectivity index (χ2v) is 2.89. The van der Waals surface area contributed by atoms with Gasteiger partial charge in [-0.15, -0.1) is 11.6 Å². The van der Waals surface area contributed by atoms with Crippen molar-refractivity contribution in [2.45, 2.75) is 24.2 Å². The Balaban J connectivity index is 2.35. The van der Waals surface area contributed by atoms with E-state index in [2.05, 4.69) is 0 Å². The van der Waals surface area contributed by atoms with E-state index in [1.807, 2.05) is 0 Å². The number of hydrogen-bond donors (Lipinski definition) is 0. The van der Waals surface area contributed by atoms with Crippen LogP contribution < -0.4 is 0 Å². The number of halogens is 2. The fourth-order valence-electron chi connectivity index (χ4n) is 0.611. The molecule has 9 heavy (non-hydrogen) atoms. The quantitative estimate of drug-likeness (QED) is 0.514. The highest BCUT2D eigenvalue weighted by Crippen LogP contribution is 2.19. The zero-order valence-electron chi connectivity index (χ0n) is 5.01. The lowest BCUT2D eigenvalue weighted by Crippen LogP contribution is -2.35. The van der Waals surface area contributed by atoms with Crippen molar-refractivity contribution < 1.29 is 9.47 Å². The topological polar surface area (TPSA) is 18.5 Å².